The van der Waals surface area contributed by atoms with Crippen LogP contribution < -0.4 is 10.2 Å². The van der Waals surface area contributed by atoms with Gasteiger partial charge in [-0.1, -0.05) is 32.4 Å². The molecule has 2 rings (SSSR count). The molecule has 0 bridgehead atoms. The zero-order valence-corrected chi connectivity index (χ0v) is 13.4. The van der Waals surface area contributed by atoms with Gasteiger partial charge in [0.05, 0.1) is 0 Å². The highest BCUT2D eigenvalue weighted by Crippen LogP contribution is 2.26. The van der Waals surface area contributed by atoms with Crippen LogP contribution in [0.15, 0.2) is 24.3 Å². The third-order valence-corrected chi connectivity index (χ3v) is 3.83. The van der Waals surface area contributed by atoms with Gasteiger partial charge in [0, 0.05) is 41.6 Å². The normalized spacial score (nSPS) is 19.0. The van der Waals surface area contributed by atoms with Crippen molar-refractivity contribution < 1.29 is 9.59 Å². The molecule has 2 amide bonds. The van der Waals surface area contributed by atoms with Crippen LogP contribution in [0.2, 0.25) is 5.02 Å². The van der Waals surface area contributed by atoms with Crippen molar-refractivity contribution in [1.29, 1.82) is 0 Å². The monoisotopic (exact) mass is 308 g/mol. The highest BCUT2D eigenvalue weighted by atomic mass is 35.5. The minimum atomic E-state index is -0.404. The molecule has 1 aromatic rings. The Bertz CT molecular complexity index is 534. The fourth-order valence-corrected chi connectivity index (χ4v) is 2.42. The summed E-state index contributed by atoms with van der Waals surface area (Å²) in [5.41, 5.74) is 0.451. The summed E-state index contributed by atoms with van der Waals surface area (Å²) in [6.07, 6.45) is 0.465. The first-order chi connectivity index (χ1) is 9.77. The molecule has 5 heteroatoms. The molecule has 1 aliphatic heterocycles. The number of anilines is 1. The maximum atomic E-state index is 12.1. The van der Waals surface area contributed by atoms with Gasteiger partial charge in [-0.3, -0.25) is 9.59 Å². The van der Waals surface area contributed by atoms with E-state index in [0.717, 1.165) is 5.69 Å². The Labute approximate surface area is 130 Å². The lowest BCUT2D eigenvalue weighted by Crippen LogP contribution is -2.38. The molecule has 0 aliphatic carbocycles. The summed E-state index contributed by atoms with van der Waals surface area (Å²) in [6, 6.07) is 7.24. The topological polar surface area (TPSA) is 49.4 Å². The molecule has 0 unspecified atom stereocenters. The molecule has 0 saturated carbocycles. The van der Waals surface area contributed by atoms with Gasteiger partial charge in [0.15, 0.2) is 0 Å². The average molecular weight is 309 g/mol. The van der Waals surface area contributed by atoms with Crippen LogP contribution in [0.3, 0.4) is 0 Å². The number of halogens is 1. The van der Waals surface area contributed by atoms with Crippen LogP contribution in [0.25, 0.3) is 0 Å². The summed E-state index contributed by atoms with van der Waals surface area (Å²) in [5, 5.41) is 3.58. The number of benzene rings is 1. The van der Waals surface area contributed by atoms with Crippen molar-refractivity contribution in [2.24, 2.45) is 11.3 Å². The lowest BCUT2D eigenvalue weighted by Gasteiger charge is -2.20. The standard InChI is InChI=1S/C16H21ClN2O2/c1-16(2,3)15(21)18-9-11-8-14(20)19(10-11)13-6-4-12(17)5-7-13/h4-7,11H,8-10H2,1-3H3,(H,18,21)/t11-/m1/s1. The van der Waals surface area contributed by atoms with Crippen molar-refractivity contribution in [3.8, 4) is 0 Å². The zero-order chi connectivity index (χ0) is 15.6. The molecule has 1 aliphatic rings. The molecule has 114 valence electrons. The van der Waals surface area contributed by atoms with E-state index in [1.54, 1.807) is 17.0 Å². The van der Waals surface area contributed by atoms with E-state index in [1.807, 2.05) is 32.9 Å². The molecule has 1 atom stereocenters. The second kappa shape index (κ2) is 6.06. The van der Waals surface area contributed by atoms with Crippen LogP contribution in [0, 0.1) is 11.3 Å². The van der Waals surface area contributed by atoms with Gasteiger partial charge in [-0.2, -0.15) is 0 Å². The van der Waals surface area contributed by atoms with Gasteiger partial charge >= 0.3 is 0 Å². The summed E-state index contributed by atoms with van der Waals surface area (Å²) in [5.74, 6) is 0.256. The molecule has 1 aromatic carbocycles. The summed E-state index contributed by atoms with van der Waals surface area (Å²) in [6.45, 7) is 6.79. The highest BCUT2D eigenvalue weighted by Gasteiger charge is 2.31. The van der Waals surface area contributed by atoms with E-state index in [-0.39, 0.29) is 17.7 Å². The molecule has 21 heavy (non-hydrogen) atoms. The van der Waals surface area contributed by atoms with Crippen molar-refractivity contribution in [1.82, 2.24) is 5.32 Å². The predicted octanol–water partition coefficient (Wildman–Crippen LogP) is 2.86. The van der Waals surface area contributed by atoms with Crippen molar-refractivity contribution in [3.63, 3.8) is 0 Å². The quantitative estimate of drug-likeness (QED) is 0.933. The summed E-state index contributed by atoms with van der Waals surface area (Å²) in [7, 11) is 0. The Morgan fingerprint density at radius 1 is 1.33 bits per heavy atom. The van der Waals surface area contributed by atoms with Gasteiger partial charge in [-0.25, -0.2) is 0 Å². The van der Waals surface area contributed by atoms with E-state index >= 15 is 0 Å². The van der Waals surface area contributed by atoms with Crippen molar-refractivity contribution >= 4 is 29.1 Å². The molecule has 1 fully saturated rings. The number of nitrogens with one attached hydrogen (secondary N) is 1. The Kier molecular flexibility index (Phi) is 4.57. The van der Waals surface area contributed by atoms with Crippen LogP contribution in [0.1, 0.15) is 27.2 Å². The molecule has 0 radical (unpaired) electrons. The minimum Gasteiger partial charge on any atom is -0.355 e. The fraction of sp³-hybridized carbons (Fsp3) is 0.500. The Morgan fingerprint density at radius 2 is 1.95 bits per heavy atom. The molecule has 4 nitrogen and oxygen atoms in total. The molecular formula is C16H21ClN2O2. The predicted molar refractivity (Wildman–Crippen MR) is 84.4 cm³/mol. The third-order valence-electron chi connectivity index (χ3n) is 3.58. The molecule has 0 aromatic heterocycles. The Balaban J connectivity index is 1.94. The summed E-state index contributed by atoms with van der Waals surface area (Å²) in [4.78, 5) is 25.7. The van der Waals surface area contributed by atoms with Crippen molar-refractivity contribution in [3.05, 3.63) is 29.3 Å². The van der Waals surface area contributed by atoms with Crippen LogP contribution >= 0.6 is 11.6 Å². The van der Waals surface area contributed by atoms with E-state index in [4.69, 9.17) is 11.6 Å². The van der Waals surface area contributed by atoms with Crippen LogP contribution in [0.4, 0.5) is 5.69 Å². The number of carbonyl (C=O) groups is 2. The largest absolute Gasteiger partial charge is 0.355 e. The average Bonchev–Trinajstić information content (AvgIpc) is 2.77. The number of hydrogen-bond donors (Lipinski definition) is 1. The number of carbonyl (C=O) groups excluding carboxylic acids is 2. The van der Waals surface area contributed by atoms with E-state index in [2.05, 4.69) is 5.32 Å². The first-order valence-corrected chi connectivity index (χ1v) is 7.49. The molecule has 1 saturated heterocycles. The molecular weight excluding hydrogens is 288 g/mol. The second-order valence-corrected chi connectivity index (χ2v) is 6.95. The molecule has 0 spiro atoms. The van der Waals surface area contributed by atoms with Crippen molar-refractivity contribution in [2.45, 2.75) is 27.2 Å². The number of rotatable bonds is 3. The summed E-state index contributed by atoms with van der Waals surface area (Å²) >= 11 is 5.86. The smallest absolute Gasteiger partial charge is 0.227 e. The molecule has 1 N–H and O–H groups in total. The minimum absolute atomic E-state index is 0.0138. The van der Waals surface area contributed by atoms with E-state index < -0.39 is 5.41 Å². The third kappa shape index (κ3) is 3.97. The van der Waals surface area contributed by atoms with Gasteiger partial charge < -0.3 is 10.2 Å². The van der Waals surface area contributed by atoms with E-state index in [9.17, 15) is 9.59 Å². The molecule has 1 heterocycles. The Morgan fingerprint density at radius 3 is 2.52 bits per heavy atom. The van der Waals surface area contributed by atoms with E-state index in [1.165, 1.54) is 0 Å². The number of hydrogen-bond acceptors (Lipinski definition) is 2. The lowest BCUT2D eigenvalue weighted by molar-refractivity contribution is -0.128. The van der Waals surface area contributed by atoms with E-state index in [0.29, 0.717) is 24.5 Å². The first kappa shape index (κ1) is 15.8. The number of nitrogens with zero attached hydrogens (tertiary/aromatic N) is 1. The number of amides is 2. The maximum Gasteiger partial charge on any atom is 0.227 e. The maximum absolute atomic E-state index is 12.1. The zero-order valence-electron chi connectivity index (χ0n) is 12.6. The van der Waals surface area contributed by atoms with Gasteiger partial charge in [-0.15, -0.1) is 0 Å². The fourth-order valence-electron chi connectivity index (χ4n) is 2.29. The summed E-state index contributed by atoms with van der Waals surface area (Å²) < 4.78 is 0. The van der Waals surface area contributed by atoms with Crippen molar-refractivity contribution in [2.75, 3.05) is 18.0 Å². The SMILES string of the molecule is CC(C)(C)C(=O)NC[C@H]1CC(=O)N(c2ccc(Cl)cc2)C1. The van der Waals surface area contributed by atoms with Gasteiger partial charge in [-0.05, 0) is 24.3 Å². The Hall–Kier alpha value is -1.55. The van der Waals surface area contributed by atoms with Crippen LogP contribution in [-0.2, 0) is 9.59 Å². The highest BCUT2D eigenvalue weighted by molar-refractivity contribution is 6.30. The van der Waals surface area contributed by atoms with Gasteiger partial charge in [0.25, 0.3) is 0 Å². The second-order valence-electron chi connectivity index (χ2n) is 6.51. The van der Waals surface area contributed by atoms with Crippen LogP contribution in [-0.4, -0.2) is 24.9 Å². The van der Waals surface area contributed by atoms with Crippen LogP contribution in [0.5, 0.6) is 0 Å². The van der Waals surface area contributed by atoms with Gasteiger partial charge in [0.2, 0.25) is 11.8 Å². The van der Waals surface area contributed by atoms with Gasteiger partial charge in [0.1, 0.15) is 0 Å². The lowest BCUT2D eigenvalue weighted by atomic mass is 9.95. The first-order valence-electron chi connectivity index (χ1n) is 7.11.